The highest BCUT2D eigenvalue weighted by atomic mass is 35.5. The number of hydrogen-bond donors (Lipinski definition) is 2. The molecule has 0 aromatic heterocycles. The van der Waals surface area contributed by atoms with E-state index in [1.807, 2.05) is 31.2 Å². The second-order valence-electron chi connectivity index (χ2n) is 5.12. The summed E-state index contributed by atoms with van der Waals surface area (Å²) in [7, 11) is 0. The quantitative estimate of drug-likeness (QED) is 0.766. The Morgan fingerprint density at radius 1 is 0.917 bits per heavy atom. The van der Waals surface area contributed by atoms with E-state index >= 15 is 0 Å². The van der Waals surface area contributed by atoms with Crippen LogP contribution in [-0.2, 0) is 9.59 Å². The van der Waals surface area contributed by atoms with Crippen LogP contribution in [0, 0.1) is 6.92 Å². The van der Waals surface area contributed by atoms with Gasteiger partial charge < -0.3 is 10.6 Å². The molecule has 126 valence electrons. The van der Waals surface area contributed by atoms with E-state index in [0.717, 1.165) is 11.3 Å². The van der Waals surface area contributed by atoms with Crippen molar-refractivity contribution >= 4 is 58.2 Å². The molecular formula is C17H16Cl2N2O2S. The van der Waals surface area contributed by atoms with Crippen molar-refractivity contribution in [3.05, 3.63) is 58.1 Å². The van der Waals surface area contributed by atoms with Crippen molar-refractivity contribution in [3.63, 3.8) is 0 Å². The summed E-state index contributed by atoms with van der Waals surface area (Å²) < 4.78 is 0. The predicted molar refractivity (Wildman–Crippen MR) is 102 cm³/mol. The fraction of sp³-hybridized carbons (Fsp3) is 0.176. The fourth-order valence-corrected chi connectivity index (χ4v) is 3.12. The predicted octanol–water partition coefficient (Wildman–Crippen LogP) is 4.61. The maximum atomic E-state index is 11.9. The summed E-state index contributed by atoms with van der Waals surface area (Å²) in [6.07, 6.45) is 0. The van der Waals surface area contributed by atoms with Gasteiger partial charge in [0.25, 0.3) is 0 Å². The molecule has 0 aliphatic rings. The summed E-state index contributed by atoms with van der Waals surface area (Å²) in [5, 5.41) is 6.38. The van der Waals surface area contributed by atoms with E-state index < -0.39 is 0 Å². The normalized spacial score (nSPS) is 10.3. The lowest BCUT2D eigenvalue weighted by Gasteiger charge is -2.07. The zero-order valence-electron chi connectivity index (χ0n) is 12.9. The molecule has 2 aromatic rings. The number of aryl methyl sites for hydroxylation is 1. The topological polar surface area (TPSA) is 58.2 Å². The van der Waals surface area contributed by atoms with Gasteiger partial charge in [-0.3, -0.25) is 9.59 Å². The minimum absolute atomic E-state index is 0.149. The molecule has 2 aromatic carbocycles. The van der Waals surface area contributed by atoms with Crippen LogP contribution in [0.2, 0.25) is 10.0 Å². The van der Waals surface area contributed by atoms with Crippen molar-refractivity contribution in [3.8, 4) is 0 Å². The monoisotopic (exact) mass is 382 g/mol. The van der Waals surface area contributed by atoms with Crippen LogP contribution in [-0.4, -0.2) is 23.3 Å². The summed E-state index contributed by atoms with van der Waals surface area (Å²) in [6, 6.07) is 12.4. The second-order valence-corrected chi connectivity index (χ2v) is 6.98. The Hall–Kier alpha value is -1.69. The molecule has 0 fully saturated rings. The van der Waals surface area contributed by atoms with Gasteiger partial charge in [0.1, 0.15) is 0 Å². The fourth-order valence-electron chi connectivity index (χ4n) is 1.98. The third-order valence-electron chi connectivity index (χ3n) is 2.91. The van der Waals surface area contributed by atoms with Crippen LogP contribution in [0.3, 0.4) is 0 Å². The Balaban J connectivity index is 1.75. The number of anilines is 2. The largest absolute Gasteiger partial charge is 0.325 e. The average molecular weight is 383 g/mol. The second kappa shape index (κ2) is 8.97. The van der Waals surface area contributed by atoms with Crippen molar-refractivity contribution in [1.82, 2.24) is 0 Å². The van der Waals surface area contributed by atoms with Crippen LogP contribution in [0.25, 0.3) is 0 Å². The molecule has 0 radical (unpaired) electrons. The Kier molecular flexibility index (Phi) is 6.97. The van der Waals surface area contributed by atoms with Gasteiger partial charge in [-0.15, -0.1) is 11.8 Å². The van der Waals surface area contributed by atoms with Crippen LogP contribution in [0.15, 0.2) is 42.5 Å². The molecule has 7 heteroatoms. The molecule has 0 heterocycles. The van der Waals surface area contributed by atoms with Crippen molar-refractivity contribution in [2.75, 3.05) is 22.1 Å². The van der Waals surface area contributed by atoms with Crippen molar-refractivity contribution in [2.45, 2.75) is 6.92 Å². The van der Waals surface area contributed by atoms with Gasteiger partial charge in [0, 0.05) is 21.4 Å². The van der Waals surface area contributed by atoms with Crippen molar-refractivity contribution in [1.29, 1.82) is 0 Å². The number of benzene rings is 2. The number of carbonyl (C=O) groups excluding carboxylic acids is 2. The van der Waals surface area contributed by atoms with E-state index in [0.29, 0.717) is 15.7 Å². The third-order valence-corrected chi connectivity index (χ3v) is 4.28. The van der Waals surface area contributed by atoms with Gasteiger partial charge >= 0.3 is 0 Å². The highest BCUT2D eigenvalue weighted by Crippen LogP contribution is 2.22. The van der Waals surface area contributed by atoms with E-state index in [4.69, 9.17) is 23.2 Å². The molecule has 0 aliphatic carbocycles. The highest BCUT2D eigenvalue weighted by Gasteiger charge is 2.07. The lowest BCUT2D eigenvalue weighted by Crippen LogP contribution is -2.18. The molecule has 24 heavy (non-hydrogen) atoms. The molecule has 2 amide bonds. The first kappa shape index (κ1) is 18.6. The van der Waals surface area contributed by atoms with Crippen LogP contribution < -0.4 is 10.6 Å². The number of nitrogens with one attached hydrogen (secondary N) is 2. The summed E-state index contributed by atoms with van der Waals surface area (Å²) in [5.41, 5.74) is 2.35. The molecule has 2 N–H and O–H groups in total. The first-order valence-corrected chi connectivity index (χ1v) is 9.03. The smallest absolute Gasteiger partial charge is 0.234 e. The molecule has 0 saturated heterocycles. The number of rotatable bonds is 6. The molecule has 0 saturated carbocycles. The van der Waals surface area contributed by atoms with Gasteiger partial charge in [0.15, 0.2) is 0 Å². The summed E-state index contributed by atoms with van der Waals surface area (Å²) in [5.74, 6) is -0.0193. The van der Waals surface area contributed by atoms with Gasteiger partial charge in [-0.1, -0.05) is 35.3 Å². The van der Waals surface area contributed by atoms with E-state index in [1.165, 1.54) is 11.8 Å². The van der Waals surface area contributed by atoms with Gasteiger partial charge in [0.2, 0.25) is 11.8 Å². The maximum absolute atomic E-state index is 11.9. The molecule has 0 atom stereocenters. The molecule has 4 nitrogen and oxygen atoms in total. The Morgan fingerprint density at radius 3 is 2.08 bits per heavy atom. The maximum Gasteiger partial charge on any atom is 0.234 e. The minimum atomic E-state index is -0.221. The molecular weight excluding hydrogens is 367 g/mol. The SMILES string of the molecule is Cc1cccc(NC(=O)CSCC(=O)Nc2cc(Cl)cc(Cl)c2)c1. The Morgan fingerprint density at radius 2 is 1.50 bits per heavy atom. The van der Waals surface area contributed by atoms with Crippen LogP contribution >= 0.6 is 35.0 Å². The van der Waals surface area contributed by atoms with Crippen molar-refractivity contribution in [2.24, 2.45) is 0 Å². The molecule has 0 spiro atoms. The lowest BCUT2D eigenvalue weighted by atomic mass is 10.2. The number of halogens is 2. The highest BCUT2D eigenvalue weighted by molar-refractivity contribution is 8.00. The summed E-state index contributed by atoms with van der Waals surface area (Å²) in [4.78, 5) is 23.7. The van der Waals surface area contributed by atoms with Gasteiger partial charge in [0.05, 0.1) is 11.5 Å². The molecule has 0 aliphatic heterocycles. The zero-order chi connectivity index (χ0) is 17.5. The zero-order valence-corrected chi connectivity index (χ0v) is 15.3. The van der Waals surface area contributed by atoms with E-state index in [1.54, 1.807) is 18.2 Å². The van der Waals surface area contributed by atoms with Crippen LogP contribution in [0.5, 0.6) is 0 Å². The lowest BCUT2D eigenvalue weighted by molar-refractivity contribution is -0.114. The van der Waals surface area contributed by atoms with Gasteiger partial charge in [-0.05, 0) is 42.8 Å². The average Bonchev–Trinajstić information content (AvgIpc) is 2.45. The van der Waals surface area contributed by atoms with Gasteiger partial charge in [-0.2, -0.15) is 0 Å². The molecule has 0 bridgehead atoms. The van der Waals surface area contributed by atoms with E-state index in [-0.39, 0.29) is 23.3 Å². The minimum Gasteiger partial charge on any atom is -0.325 e. The van der Waals surface area contributed by atoms with E-state index in [9.17, 15) is 9.59 Å². The number of hydrogen-bond acceptors (Lipinski definition) is 3. The first-order chi connectivity index (χ1) is 11.4. The summed E-state index contributed by atoms with van der Waals surface area (Å²) >= 11 is 13.0. The number of amides is 2. The summed E-state index contributed by atoms with van der Waals surface area (Å²) in [6.45, 7) is 1.96. The number of carbonyl (C=O) groups is 2. The van der Waals surface area contributed by atoms with Gasteiger partial charge in [-0.25, -0.2) is 0 Å². The van der Waals surface area contributed by atoms with E-state index in [2.05, 4.69) is 10.6 Å². The Bertz CT molecular complexity index is 733. The van der Waals surface area contributed by atoms with Crippen molar-refractivity contribution < 1.29 is 9.59 Å². The van der Waals surface area contributed by atoms with Crippen LogP contribution in [0.4, 0.5) is 11.4 Å². The third kappa shape index (κ3) is 6.43. The van der Waals surface area contributed by atoms with Crippen LogP contribution in [0.1, 0.15) is 5.56 Å². The Labute approximate surface area is 154 Å². The number of thioether (sulfide) groups is 1. The molecule has 0 unspecified atom stereocenters. The molecule has 2 rings (SSSR count). The first-order valence-electron chi connectivity index (χ1n) is 7.12. The standard InChI is InChI=1S/C17H16Cl2N2O2S/c1-11-3-2-4-14(5-11)20-16(22)9-24-10-17(23)21-15-7-12(18)6-13(19)8-15/h2-8H,9-10H2,1H3,(H,20,22)(H,21,23).